The molecule has 1 saturated carbocycles. The molecule has 7 nitrogen and oxygen atoms in total. The fraction of sp³-hybridized carbons (Fsp3) is 0.429. The standard InChI is InChI=1S/C14H14F3N3O4/c1-13(12(18)22,19-11(21)9-6-10(9)20(23)24)7-3-2-4-8(5-7)14(15,16)17/h2-5,9-10H,6H2,1H3,(H2,18,22)(H,19,21). The molecule has 1 aliphatic rings. The van der Waals surface area contributed by atoms with Gasteiger partial charge in [-0.05, 0) is 24.6 Å². The Morgan fingerprint density at radius 1 is 1.33 bits per heavy atom. The molecule has 2 amide bonds. The van der Waals surface area contributed by atoms with E-state index in [1.165, 1.54) is 6.07 Å². The van der Waals surface area contributed by atoms with Crippen molar-refractivity contribution >= 4 is 11.8 Å². The molecule has 0 radical (unpaired) electrons. The highest BCUT2D eigenvalue weighted by molar-refractivity contribution is 5.92. The number of halogens is 3. The van der Waals surface area contributed by atoms with E-state index in [1.807, 2.05) is 0 Å². The third-order valence-corrected chi connectivity index (χ3v) is 4.00. The van der Waals surface area contributed by atoms with Gasteiger partial charge in [-0.3, -0.25) is 19.7 Å². The molecule has 24 heavy (non-hydrogen) atoms. The number of nitrogens with two attached hydrogens (primary N) is 1. The first-order chi connectivity index (χ1) is 11.0. The molecule has 130 valence electrons. The first-order valence-corrected chi connectivity index (χ1v) is 6.90. The van der Waals surface area contributed by atoms with Crippen molar-refractivity contribution in [3.8, 4) is 0 Å². The number of hydrogen-bond acceptors (Lipinski definition) is 4. The van der Waals surface area contributed by atoms with Gasteiger partial charge in [0.1, 0.15) is 11.5 Å². The predicted octanol–water partition coefficient (Wildman–Crippen LogP) is 1.19. The van der Waals surface area contributed by atoms with E-state index in [4.69, 9.17) is 5.73 Å². The number of carbonyl (C=O) groups is 2. The van der Waals surface area contributed by atoms with E-state index in [0.29, 0.717) is 6.07 Å². The molecule has 10 heteroatoms. The summed E-state index contributed by atoms with van der Waals surface area (Å²) in [7, 11) is 0. The summed E-state index contributed by atoms with van der Waals surface area (Å²) < 4.78 is 38.5. The SMILES string of the molecule is CC(NC(=O)C1CC1[N+](=O)[O-])(C(N)=O)c1cccc(C(F)(F)F)c1. The van der Waals surface area contributed by atoms with Gasteiger partial charge >= 0.3 is 6.18 Å². The van der Waals surface area contributed by atoms with Crippen LogP contribution in [-0.2, 0) is 21.3 Å². The van der Waals surface area contributed by atoms with Crippen molar-refractivity contribution in [2.24, 2.45) is 11.7 Å². The summed E-state index contributed by atoms with van der Waals surface area (Å²) in [5.74, 6) is -2.80. The summed E-state index contributed by atoms with van der Waals surface area (Å²) in [6, 6.07) is 2.78. The number of benzene rings is 1. The Balaban J connectivity index is 2.30. The molecule has 0 spiro atoms. The van der Waals surface area contributed by atoms with Crippen LogP contribution in [0.15, 0.2) is 24.3 Å². The van der Waals surface area contributed by atoms with Crippen molar-refractivity contribution < 1.29 is 27.7 Å². The number of carbonyl (C=O) groups excluding carboxylic acids is 2. The summed E-state index contributed by atoms with van der Waals surface area (Å²) >= 11 is 0. The smallest absolute Gasteiger partial charge is 0.367 e. The predicted molar refractivity (Wildman–Crippen MR) is 75.0 cm³/mol. The van der Waals surface area contributed by atoms with E-state index in [-0.39, 0.29) is 12.0 Å². The fourth-order valence-electron chi connectivity index (χ4n) is 2.32. The molecule has 3 unspecified atom stereocenters. The largest absolute Gasteiger partial charge is 0.416 e. The Labute approximate surface area is 134 Å². The Morgan fingerprint density at radius 2 is 1.92 bits per heavy atom. The molecule has 0 aliphatic heterocycles. The van der Waals surface area contributed by atoms with Gasteiger partial charge in [0.25, 0.3) is 0 Å². The number of nitro groups is 1. The highest BCUT2D eigenvalue weighted by Gasteiger charge is 2.55. The van der Waals surface area contributed by atoms with Crippen LogP contribution in [0.3, 0.4) is 0 Å². The molecule has 0 saturated heterocycles. The molecule has 1 aliphatic carbocycles. The second kappa shape index (κ2) is 5.77. The molecule has 1 aromatic rings. The number of primary amides is 1. The van der Waals surface area contributed by atoms with Crippen molar-refractivity contribution in [3.63, 3.8) is 0 Å². The highest BCUT2D eigenvalue weighted by atomic mass is 19.4. The van der Waals surface area contributed by atoms with Crippen LogP contribution in [0.1, 0.15) is 24.5 Å². The lowest BCUT2D eigenvalue weighted by molar-refractivity contribution is -0.497. The second-order valence-electron chi connectivity index (χ2n) is 5.75. The molecule has 2 rings (SSSR count). The zero-order chi connectivity index (χ0) is 18.3. The maximum atomic E-state index is 12.8. The van der Waals surface area contributed by atoms with Gasteiger partial charge < -0.3 is 11.1 Å². The molecule has 0 bridgehead atoms. The van der Waals surface area contributed by atoms with Crippen LogP contribution in [0.4, 0.5) is 13.2 Å². The van der Waals surface area contributed by atoms with Gasteiger partial charge in [0.05, 0.1) is 5.56 Å². The first kappa shape index (κ1) is 17.7. The van der Waals surface area contributed by atoms with Gasteiger partial charge in [0, 0.05) is 11.3 Å². The summed E-state index contributed by atoms with van der Waals surface area (Å²) in [5.41, 5.74) is 2.18. The first-order valence-electron chi connectivity index (χ1n) is 6.90. The van der Waals surface area contributed by atoms with Gasteiger partial charge in [-0.2, -0.15) is 13.2 Å². The summed E-state index contributed by atoms with van der Waals surface area (Å²) in [5, 5.41) is 12.9. The maximum Gasteiger partial charge on any atom is 0.416 e. The van der Waals surface area contributed by atoms with Gasteiger partial charge in [0.15, 0.2) is 0 Å². The van der Waals surface area contributed by atoms with E-state index >= 15 is 0 Å². The molecular weight excluding hydrogens is 331 g/mol. The minimum absolute atomic E-state index is 0.0102. The third kappa shape index (κ3) is 3.31. The second-order valence-corrected chi connectivity index (χ2v) is 5.75. The maximum absolute atomic E-state index is 12.8. The normalized spacial score (nSPS) is 22.3. The van der Waals surface area contributed by atoms with Crippen molar-refractivity contribution in [1.29, 1.82) is 0 Å². The minimum atomic E-state index is -4.63. The lowest BCUT2D eigenvalue weighted by Crippen LogP contribution is -2.53. The average Bonchev–Trinajstić information content (AvgIpc) is 3.26. The molecule has 1 fully saturated rings. The van der Waals surface area contributed by atoms with Crippen LogP contribution in [0.25, 0.3) is 0 Å². The minimum Gasteiger partial charge on any atom is -0.367 e. The van der Waals surface area contributed by atoms with Crippen LogP contribution in [0.5, 0.6) is 0 Å². The lowest BCUT2D eigenvalue weighted by atomic mass is 9.89. The molecule has 0 aromatic heterocycles. The van der Waals surface area contributed by atoms with Crippen LogP contribution < -0.4 is 11.1 Å². The summed E-state index contributed by atoms with van der Waals surface area (Å²) in [4.78, 5) is 33.8. The third-order valence-electron chi connectivity index (χ3n) is 4.00. The Kier molecular flexibility index (Phi) is 4.25. The van der Waals surface area contributed by atoms with Gasteiger partial charge in [-0.25, -0.2) is 0 Å². The van der Waals surface area contributed by atoms with Crippen molar-refractivity contribution in [3.05, 3.63) is 45.5 Å². The average molecular weight is 345 g/mol. The fourth-order valence-corrected chi connectivity index (χ4v) is 2.32. The quantitative estimate of drug-likeness (QED) is 0.616. The Morgan fingerprint density at radius 3 is 2.38 bits per heavy atom. The molecule has 3 atom stereocenters. The number of nitrogens with one attached hydrogen (secondary N) is 1. The molecule has 1 aromatic carbocycles. The van der Waals surface area contributed by atoms with Crippen LogP contribution in [-0.4, -0.2) is 22.8 Å². The zero-order valence-corrected chi connectivity index (χ0v) is 12.5. The number of amides is 2. The van der Waals surface area contributed by atoms with Crippen molar-refractivity contribution in [2.75, 3.05) is 0 Å². The highest BCUT2D eigenvalue weighted by Crippen LogP contribution is 2.35. The molecular formula is C14H14F3N3O4. The van der Waals surface area contributed by atoms with E-state index < -0.39 is 46.0 Å². The van der Waals surface area contributed by atoms with Crippen molar-refractivity contribution in [2.45, 2.75) is 31.1 Å². The number of hydrogen-bond donors (Lipinski definition) is 2. The van der Waals surface area contributed by atoms with E-state index in [1.54, 1.807) is 0 Å². The monoisotopic (exact) mass is 345 g/mol. The number of nitrogens with zero attached hydrogens (tertiary/aromatic N) is 1. The summed E-state index contributed by atoms with van der Waals surface area (Å²) in [6.07, 6.45) is -4.62. The molecule has 0 heterocycles. The topological polar surface area (TPSA) is 115 Å². The number of alkyl halides is 3. The van der Waals surface area contributed by atoms with E-state index in [2.05, 4.69) is 5.32 Å². The zero-order valence-electron chi connectivity index (χ0n) is 12.5. The van der Waals surface area contributed by atoms with Gasteiger partial charge in [0.2, 0.25) is 17.9 Å². The van der Waals surface area contributed by atoms with Gasteiger partial charge in [-0.1, -0.05) is 12.1 Å². The van der Waals surface area contributed by atoms with Crippen LogP contribution >= 0.6 is 0 Å². The lowest BCUT2D eigenvalue weighted by Gasteiger charge is -2.28. The Bertz CT molecular complexity index is 707. The Hall–Kier alpha value is -2.65. The number of rotatable bonds is 5. The van der Waals surface area contributed by atoms with E-state index in [9.17, 15) is 32.9 Å². The molecule has 3 N–H and O–H groups in total. The van der Waals surface area contributed by atoms with Crippen LogP contribution in [0, 0.1) is 16.0 Å². The van der Waals surface area contributed by atoms with Crippen LogP contribution in [0.2, 0.25) is 0 Å². The van der Waals surface area contributed by atoms with Gasteiger partial charge in [-0.15, -0.1) is 0 Å². The summed E-state index contributed by atoms with van der Waals surface area (Å²) in [6.45, 7) is 1.16. The van der Waals surface area contributed by atoms with E-state index in [0.717, 1.165) is 19.1 Å². The van der Waals surface area contributed by atoms with Crippen molar-refractivity contribution in [1.82, 2.24) is 5.32 Å².